The molecule has 38 heavy (non-hydrogen) atoms. The molecule has 6 atom stereocenters. The molecule has 4 aliphatic rings. The Kier molecular flexibility index (Phi) is 6.61. The van der Waals surface area contributed by atoms with E-state index in [4.69, 9.17) is 5.73 Å². The van der Waals surface area contributed by atoms with E-state index in [0.29, 0.717) is 18.3 Å². The van der Waals surface area contributed by atoms with Gasteiger partial charge < -0.3 is 15.9 Å². The number of Topliss-reactive ketones (excluding diaryl/α,β-unsaturated/α-hetero) is 4. The lowest BCUT2D eigenvalue weighted by molar-refractivity contribution is -0.182. The Balaban J connectivity index is 1.55. The third-order valence-corrected chi connectivity index (χ3v) is 9.94. The van der Waals surface area contributed by atoms with Crippen LogP contribution in [0.2, 0.25) is 0 Å². The minimum absolute atomic E-state index is 0.0922. The van der Waals surface area contributed by atoms with Crippen molar-refractivity contribution in [1.82, 2.24) is 0 Å². The number of benzene rings is 1. The van der Waals surface area contributed by atoms with E-state index in [1.807, 2.05) is 6.07 Å². The average Bonchev–Trinajstić information content (AvgIpc) is 2.84. The molecule has 4 N–H and O–H groups in total. The van der Waals surface area contributed by atoms with Gasteiger partial charge in [0.25, 0.3) is 0 Å². The van der Waals surface area contributed by atoms with Crippen LogP contribution in [0.15, 0.2) is 12.1 Å². The lowest BCUT2D eigenvalue weighted by Gasteiger charge is -2.52. The van der Waals surface area contributed by atoms with Crippen LogP contribution in [0.5, 0.6) is 5.75 Å². The maximum atomic E-state index is 13.9. The van der Waals surface area contributed by atoms with Crippen LogP contribution in [0.3, 0.4) is 0 Å². The molecule has 0 saturated heterocycles. The van der Waals surface area contributed by atoms with Gasteiger partial charge in [-0.1, -0.05) is 39.7 Å². The number of hydrogen-bond donors (Lipinski definition) is 3. The molecule has 4 aliphatic carbocycles. The number of phenolic OH excluding ortho intramolecular Hbond substituents is 1. The van der Waals surface area contributed by atoms with Gasteiger partial charge in [-0.3, -0.25) is 24.0 Å². The fraction of sp³-hybridized carbons (Fsp3) is 0.633. The molecular weight excluding hydrogens is 486 g/mol. The molecule has 1 aromatic carbocycles. The molecule has 0 aliphatic heterocycles. The lowest BCUT2D eigenvalue weighted by atomic mass is 9.49. The fourth-order valence-electron chi connectivity index (χ4n) is 7.95. The summed E-state index contributed by atoms with van der Waals surface area (Å²) in [4.78, 5) is 66.4. The summed E-state index contributed by atoms with van der Waals surface area (Å²) in [5.74, 6) is -9.80. The topological polar surface area (TPSA) is 152 Å². The van der Waals surface area contributed by atoms with E-state index in [1.54, 1.807) is 13.8 Å². The Labute approximate surface area is 222 Å². The van der Waals surface area contributed by atoms with Crippen LogP contribution >= 0.6 is 0 Å². The standard InChI is InChI=1S/C30H37NO7/c1-13(2)21-19-12-17-11-18-16(10-15-6-4-14(3)5-7-15)8-9-20(32)23(18)26(34)22(17)27(35)30(19,38)28(36)24(25(21)33)29(31)37/h8-9,13-15,17,19,21-22,24,32,38H,4-7,10-12H2,1-3H3,(H2,31,37)/t14?,15?,17-,19-,21-,22?,24?,30-/m0/s1. The maximum absolute atomic E-state index is 13.9. The van der Waals surface area contributed by atoms with Crippen LogP contribution < -0.4 is 5.73 Å². The summed E-state index contributed by atoms with van der Waals surface area (Å²) in [5.41, 5.74) is 4.54. The molecule has 1 amide bonds. The summed E-state index contributed by atoms with van der Waals surface area (Å²) in [6.45, 7) is 5.75. The van der Waals surface area contributed by atoms with Gasteiger partial charge in [0.05, 0.1) is 11.5 Å². The van der Waals surface area contributed by atoms with Gasteiger partial charge >= 0.3 is 0 Å². The van der Waals surface area contributed by atoms with Crippen molar-refractivity contribution in [3.05, 3.63) is 28.8 Å². The smallest absolute Gasteiger partial charge is 0.235 e. The molecular formula is C30H37NO7. The Morgan fingerprint density at radius 3 is 2.34 bits per heavy atom. The fourth-order valence-corrected chi connectivity index (χ4v) is 7.95. The number of carbonyl (C=O) groups is 5. The third-order valence-electron chi connectivity index (χ3n) is 9.94. The SMILES string of the molecule is CC1CCC(Cc2ccc(O)c3c2C[C@H]2C[C@H]4[C@H](C(C)C)C(=O)C(C(N)=O)C(=O)[C@@]4(O)C(=O)C2C3=O)CC1. The first-order valence-electron chi connectivity index (χ1n) is 13.9. The molecule has 0 radical (unpaired) electrons. The van der Waals surface area contributed by atoms with Gasteiger partial charge in [-0.25, -0.2) is 0 Å². The Morgan fingerprint density at radius 2 is 1.74 bits per heavy atom. The average molecular weight is 524 g/mol. The van der Waals surface area contributed by atoms with Crippen molar-refractivity contribution >= 4 is 29.0 Å². The number of nitrogens with two attached hydrogens (primary N) is 1. The molecule has 204 valence electrons. The van der Waals surface area contributed by atoms with Crippen molar-refractivity contribution in [1.29, 1.82) is 0 Å². The first-order chi connectivity index (χ1) is 17.9. The van der Waals surface area contributed by atoms with Crippen molar-refractivity contribution < 1.29 is 34.2 Å². The van der Waals surface area contributed by atoms with Crippen molar-refractivity contribution in [2.45, 2.75) is 71.3 Å². The Bertz CT molecular complexity index is 1230. The quantitative estimate of drug-likeness (QED) is 0.513. The minimum Gasteiger partial charge on any atom is -0.507 e. The predicted molar refractivity (Wildman–Crippen MR) is 137 cm³/mol. The summed E-state index contributed by atoms with van der Waals surface area (Å²) in [6, 6.07) is 3.36. The van der Waals surface area contributed by atoms with Gasteiger partial charge in [-0.05, 0) is 73.0 Å². The van der Waals surface area contributed by atoms with Crippen molar-refractivity contribution in [3.8, 4) is 5.75 Å². The molecule has 0 bridgehead atoms. The van der Waals surface area contributed by atoms with E-state index in [-0.39, 0.29) is 23.7 Å². The highest BCUT2D eigenvalue weighted by Gasteiger charge is 2.69. The van der Waals surface area contributed by atoms with Crippen LogP contribution in [-0.4, -0.2) is 44.9 Å². The molecule has 1 aromatic rings. The second-order valence-corrected chi connectivity index (χ2v) is 12.6. The van der Waals surface area contributed by atoms with Gasteiger partial charge in [-0.2, -0.15) is 0 Å². The van der Waals surface area contributed by atoms with Crippen molar-refractivity contribution in [3.63, 3.8) is 0 Å². The van der Waals surface area contributed by atoms with Crippen LogP contribution in [0, 0.1) is 47.3 Å². The van der Waals surface area contributed by atoms with E-state index in [9.17, 15) is 34.2 Å². The molecule has 2 unspecified atom stereocenters. The van der Waals surface area contributed by atoms with Gasteiger partial charge in [0, 0.05) is 11.8 Å². The number of ketones is 4. The van der Waals surface area contributed by atoms with Crippen LogP contribution in [0.25, 0.3) is 0 Å². The van der Waals surface area contributed by atoms with E-state index in [0.717, 1.165) is 43.2 Å². The number of fused-ring (bicyclic) bond motifs is 3. The Morgan fingerprint density at radius 1 is 1.08 bits per heavy atom. The second kappa shape index (κ2) is 9.40. The highest BCUT2D eigenvalue weighted by atomic mass is 16.3. The lowest BCUT2D eigenvalue weighted by Crippen LogP contribution is -2.71. The van der Waals surface area contributed by atoms with Gasteiger partial charge in [0.1, 0.15) is 5.75 Å². The summed E-state index contributed by atoms with van der Waals surface area (Å²) in [6.07, 6.45) is 5.76. The zero-order valence-electron chi connectivity index (χ0n) is 22.2. The Hall–Kier alpha value is -2.87. The maximum Gasteiger partial charge on any atom is 0.235 e. The van der Waals surface area contributed by atoms with Crippen molar-refractivity contribution in [2.75, 3.05) is 0 Å². The van der Waals surface area contributed by atoms with E-state index < -0.39 is 64.2 Å². The second-order valence-electron chi connectivity index (χ2n) is 12.6. The zero-order valence-corrected chi connectivity index (χ0v) is 22.2. The monoisotopic (exact) mass is 523 g/mol. The van der Waals surface area contributed by atoms with Crippen LogP contribution in [0.4, 0.5) is 0 Å². The number of aromatic hydroxyl groups is 1. The predicted octanol–water partition coefficient (Wildman–Crippen LogP) is 2.58. The molecule has 3 fully saturated rings. The summed E-state index contributed by atoms with van der Waals surface area (Å²) < 4.78 is 0. The van der Waals surface area contributed by atoms with Crippen LogP contribution in [0.1, 0.15) is 74.4 Å². The number of primary amides is 1. The van der Waals surface area contributed by atoms with E-state index >= 15 is 0 Å². The molecule has 5 rings (SSSR count). The third kappa shape index (κ3) is 3.86. The summed E-state index contributed by atoms with van der Waals surface area (Å²) in [7, 11) is 0. The molecule has 8 heteroatoms. The molecule has 8 nitrogen and oxygen atoms in total. The van der Waals surface area contributed by atoms with Crippen molar-refractivity contribution in [2.24, 2.45) is 53.1 Å². The van der Waals surface area contributed by atoms with Gasteiger partial charge in [-0.15, -0.1) is 0 Å². The number of phenols is 1. The summed E-state index contributed by atoms with van der Waals surface area (Å²) >= 11 is 0. The first kappa shape index (κ1) is 26.7. The highest BCUT2D eigenvalue weighted by molar-refractivity contribution is 6.31. The number of aliphatic hydroxyl groups is 1. The summed E-state index contributed by atoms with van der Waals surface area (Å²) in [5, 5.41) is 22.4. The minimum atomic E-state index is -2.65. The number of carbonyl (C=O) groups excluding carboxylic acids is 5. The number of rotatable bonds is 4. The molecule has 0 heterocycles. The van der Waals surface area contributed by atoms with Gasteiger partial charge in [0.15, 0.2) is 34.7 Å². The number of amides is 1. The molecule has 3 saturated carbocycles. The number of hydrogen-bond acceptors (Lipinski definition) is 7. The van der Waals surface area contributed by atoms with E-state index in [2.05, 4.69) is 6.92 Å². The molecule has 0 aromatic heterocycles. The highest BCUT2D eigenvalue weighted by Crippen LogP contribution is 2.53. The first-order valence-corrected chi connectivity index (χ1v) is 13.9. The largest absolute Gasteiger partial charge is 0.507 e. The molecule has 0 spiro atoms. The van der Waals surface area contributed by atoms with Gasteiger partial charge in [0.2, 0.25) is 5.91 Å². The van der Waals surface area contributed by atoms with Crippen LogP contribution in [-0.2, 0) is 32.0 Å². The van der Waals surface area contributed by atoms with E-state index in [1.165, 1.54) is 6.07 Å². The zero-order chi connectivity index (χ0) is 27.7. The normalized spacial score (nSPS) is 37.0.